The zero-order chi connectivity index (χ0) is 9.19. The van der Waals surface area contributed by atoms with E-state index in [1.54, 1.807) is 7.05 Å². The smallest absolute Gasteiger partial charge is 0.316 e. The number of halogens is 3. The first kappa shape index (κ1) is 9.84. The van der Waals surface area contributed by atoms with E-state index in [1.165, 1.54) is 0 Å². The zero-order valence-electron chi connectivity index (χ0n) is 7.12. The minimum absolute atomic E-state index is 0.287. The summed E-state index contributed by atoms with van der Waals surface area (Å²) in [6.07, 6.45) is -1.45. The molecule has 12 heavy (non-hydrogen) atoms. The molecule has 0 aliphatic heterocycles. The van der Waals surface area contributed by atoms with E-state index in [4.69, 9.17) is 0 Å². The van der Waals surface area contributed by atoms with Crippen molar-refractivity contribution < 1.29 is 13.2 Å². The van der Waals surface area contributed by atoms with Crippen LogP contribution in [0.25, 0.3) is 0 Å². The van der Waals surface area contributed by atoms with Gasteiger partial charge >= 0.3 is 6.18 Å². The fourth-order valence-electron chi connectivity index (χ4n) is 1.87. The summed E-state index contributed by atoms with van der Waals surface area (Å²) < 4.78 is 37.0. The summed E-state index contributed by atoms with van der Waals surface area (Å²) in [7, 11) is 1.61. The summed E-state index contributed by atoms with van der Waals surface area (Å²) in [5, 5.41) is 2.74. The van der Waals surface area contributed by atoms with Gasteiger partial charge in [0.2, 0.25) is 0 Å². The quantitative estimate of drug-likeness (QED) is 0.654. The molecule has 0 aromatic heterocycles. The molecule has 0 spiro atoms. The Morgan fingerprint density at radius 1 is 1.17 bits per heavy atom. The molecule has 0 amide bonds. The number of nitrogens with one attached hydrogen (secondary N) is 1. The van der Waals surface area contributed by atoms with Crippen LogP contribution >= 0.6 is 0 Å². The molecule has 4 heteroatoms. The molecule has 0 unspecified atom stereocenters. The minimum atomic E-state index is -4.02. The second-order valence-electron chi connectivity index (χ2n) is 3.33. The van der Waals surface area contributed by atoms with Crippen molar-refractivity contribution in [2.45, 2.75) is 37.9 Å². The maximum atomic E-state index is 12.3. The van der Waals surface area contributed by atoms with Crippen molar-refractivity contribution >= 4 is 0 Å². The van der Waals surface area contributed by atoms with Crippen molar-refractivity contribution in [3.8, 4) is 0 Å². The van der Waals surface area contributed by atoms with Crippen LogP contribution in [0.3, 0.4) is 0 Å². The third-order valence-electron chi connectivity index (χ3n) is 2.56. The SMILES string of the molecule is CN[C@H]1CCCC[C@H]1C(F)(F)F. The molecule has 1 saturated carbocycles. The standard InChI is InChI=1S/C8H14F3N/c1-12-7-5-3-2-4-6(7)8(9,10)11/h6-7,12H,2-5H2,1H3/t6-,7+/m1/s1. The van der Waals surface area contributed by atoms with E-state index in [1.807, 2.05) is 0 Å². The van der Waals surface area contributed by atoms with Crippen molar-refractivity contribution in [2.24, 2.45) is 5.92 Å². The third-order valence-corrected chi connectivity index (χ3v) is 2.56. The van der Waals surface area contributed by atoms with Crippen LogP contribution in [-0.4, -0.2) is 19.3 Å². The van der Waals surface area contributed by atoms with Crippen molar-refractivity contribution in [3.63, 3.8) is 0 Å². The molecule has 1 aliphatic carbocycles. The average molecular weight is 181 g/mol. The lowest BCUT2D eigenvalue weighted by atomic mass is 9.84. The third kappa shape index (κ3) is 2.12. The first-order chi connectivity index (χ1) is 5.55. The summed E-state index contributed by atoms with van der Waals surface area (Å²) in [5.74, 6) is -1.13. The molecular formula is C8H14F3N. The van der Waals surface area contributed by atoms with Crippen LogP contribution < -0.4 is 5.32 Å². The number of alkyl halides is 3. The lowest BCUT2D eigenvalue weighted by molar-refractivity contribution is -0.188. The summed E-state index contributed by atoms with van der Waals surface area (Å²) in [6.45, 7) is 0. The van der Waals surface area contributed by atoms with Crippen LogP contribution in [0.4, 0.5) is 13.2 Å². The molecule has 1 nitrogen and oxygen atoms in total. The van der Waals surface area contributed by atoms with Crippen molar-refractivity contribution in [1.29, 1.82) is 0 Å². The Morgan fingerprint density at radius 2 is 1.75 bits per heavy atom. The van der Waals surface area contributed by atoms with Crippen LogP contribution in [0.15, 0.2) is 0 Å². The minimum Gasteiger partial charge on any atom is -0.316 e. The number of hydrogen-bond donors (Lipinski definition) is 1. The zero-order valence-corrected chi connectivity index (χ0v) is 7.12. The maximum Gasteiger partial charge on any atom is 0.393 e. The van der Waals surface area contributed by atoms with E-state index < -0.39 is 12.1 Å². The molecule has 0 heterocycles. The fraction of sp³-hybridized carbons (Fsp3) is 1.00. The normalized spacial score (nSPS) is 32.0. The topological polar surface area (TPSA) is 12.0 Å². The van der Waals surface area contributed by atoms with Crippen LogP contribution in [0.2, 0.25) is 0 Å². The second-order valence-corrected chi connectivity index (χ2v) is 3.33. The van der Waals surface area contributed by atoms with Crippen molar-refractivity contribution in [3.05, 3.63) is 0 Å². The Morgan fingerprint density at radius 3 is 2.17 bits per heavy atom. The van der Waals surface area contributed by atoms with E-state index in [-0.39, 0.29) is 12.5 Å². The van der Waals surface area contributed by atoms with E-state index >= 15 is 0 Å². The van der Waals surface area contributed by atoms with Gasteiger partial charge < -0.3 is 5.32 Å². The Balaban J connectivity index is 2.59. The number of rotatable bonds is 1. The summed E-state index contributed by atoms with van der Waals surface area (Å²) in [5.41, 5.74) is 0. The highest BCUT2D eigenvalue weighted by Crippen LogP contribution is 2.37. The van der Waals surface area contributed by atoms with E-state index in [0.717, 1.165) is 6.42 Å². The molecule has 0 radical (unpaired) electrons. The van der Waals surface area contributed by atoms with E-state index in [2.05, 4.69) is 5.32 Å². The van der Waals surface area contributed by atoms with Crippen molar-refractivity contribution in [1.82, 2.24) is 5.32 Å². The highest BCUT2D eigenvalue weighted by molar-refractivity contribution is 4.84. The molecule has 2 atom stereocenters. The first-order valence-electron chi connectivity index (χ1n) is 4.29. The van der Waals surface area contributed by atoms with Gasteiger partial charge in [-0.15, -0.1) is 0 Å². The van der Waals surface area contributed by atoms with Gasteiger partial charge in [0, 0.05) is 6.04 Å². The van der Waals surface area contributed by atoms with Crippen LogP contribution in [-0.2, 0) is 0 Å². The lowest BCUT2D eigenvalue weighted by Crippen LogP contribution is -2.43. The largest absolute Gasteiger partial charge is 0.393 e. The summed E-state index contributed by atoms with van der Waals surface area (Å²) in [4.78, 5) is 0. The monoisotopic (exact) mass is 181 g/mol. The molecule has 72 valence electrons. The van der Waals surface area contributed by atoms with E-state index in [0.29, 0.717) is 12.8 Å². The first-order valence-corrected chi connectivity index (χ1v) is 4.29. The highest BCUT2D eigenvalue weighted by Gasteiger charge is 2.44. The van der Waals surface area contributed by atoms with Gasteiger partial charge in [-0.05, 0) is 19.9 Å². The fourth-order valence-corrected chi connectivity index (χ4v) is 1.87. The van der Waals surface area contributed by atoms with Crippen LogP contribution in [0.5, 0.6) is 0 Å². The Hall–Kier alpha value is -0.250. The Bertz CT molecular complexity index is 144. The van der Waals surface area contributed by atoms with Gasteiger partial charge in [0.15, 0.2) is 0 Å². The van der Waals surface area contributed by atoms with Gasteiger partial charge in [-0.1, -0.05) is 12.8 Å². The lowest BCUT2D eigenvalue weighted by Gasteiger charge is -2.32. The summed E-state index contributed by atoms with van der Waals surface area (Å²) >= 11 is 0. The molecule has 1 rings (SSSR count). The van der Waals surface area contributed by atoms with Gasteiger partial charge in [-0.2, -0.15) is 13.2 Å². The van der Waals surface area contributed by atoms with Gasteiger partial charge in [0.1, 0.15) is 0 Å². The van der Waals surface area contributed by atoms with Crippen LogP contribution in [0.1, 0.15) is 25.7 Å². The molecule has 1 fully saturated rings. The van der Waals surface area contributed by atoms with Gasteiger partial charge in [0.25, 0.3) is 0 Å². The van der Waals surface area contributed by atoms with E-state index in [9.17, 15) is 13.2 Å². The second kappa shape index (κ2) is 3.64. The maximum absolute atomic E-state index is 12.3. The van der Waals surface area contributed by atoms with Gasteiger partial charge in [-0.25, -0.2) is 0 Å². The molecule has 0 aromatic carbocycles. The van der Waals surface area contributed by atoms with Gasteiger partial charge in [0.05, 0.1) is 5.92 Å². The molecule has 0 aromatic rings. The van der Waals surface area contributed by atoms with Gasteiger partial charge in [-0.3, -0.25) is 0 Å². The van der Waals surface area contributed by atoms with Crippen LogP contribution in [0, 0.1) is 5.92 Å². The highest BCUT2D eigenvalue weighted by atomic mass is 19.4. The van der Waals surface area contributed by atoms with Crippen molar-refractivity contribution in [2.75, 3.05) is 7.05 Å². The predicted molar refractivity (Wildman–Crippen MR) is 40.9 cm³/mol. The molecule has 1 aliphatic rings. The Kier molecular flexibility index (Phi) is 2.99. The molecular weight excluding hydrogens is 167 g/mol. The number of hydrogen-bond acceptors (Lipinski definition) is 1. The molecule has 0 bridgehead atoms. The predicted octanol–water partition coefficient (Wildman–Crippen LogP) is 2.33. The molecule has 1 N–H and O–H groups in total. The average Bonchev–Trinajstić information content (AvgIpc) is 2.03. The molecule has 0 saturated heterocycles. The Labute approximate surface area is 70.3 Å². The summed E-state index contributed by atoms with van der Waals surface area (Å²) in [6, 6.07) is -0.362.